The number of carbonyl (C=O) groups is 3. The summed E-state index contributed by atoms with van der Waals surface area (Å²) in [5, 5.41) is 33.9. The highest BCUT2D eigenvalue weighted by Gasteiger charge is 2.68. The molecule has 4 N–H and O–H groups in total. The average Bonchev–Trinajstić information content (AvgIpc) is 3.32. The van der Waals surface area contributed by atoms with Crippen LogP contribution in [0.5, 0.6) is 11.5 Å². The molecule has 0 saturated carbocycles. The number of aromatic hydroxyl groups is 2. The molecule has 36 heavy (non-hydrogen) atoms. The summed E-state index contributed by atoms with van der Waals surface area (Å²) in [4.78, 5) is 41.6. The van der Waals surface area contributed by atoms with Crippen molar-refractivity contribution in [2.75, 3.05) is 0 Å². The molecule has 4 unspecified atom stereocenters. The van der Waals surface area contributed by atoms with E-state index < -0.39 is 41.2 Å². The number of hydrogen-bond acceptors (Lipinski definition) is 6. The number of aliphatic carboxylic acids is 1. The van der Waals surface area contributed by atoms with E-state index in [0.29, 0.717) is 15.6 Å². The SMILES string of the molecule is O=C1C2C(c3cc(Br)ccc3O)NC(Cc3ccc(O)cc3)(C(=O)O)C2C(=O)N1Cc1ccccc1. The Kier molecular flexibility index (Phi) is 6.05. The fourth-order valence-electron chi connectivity index (χ4n) is 5.40. The molecular weight excluding hydrogens is 528 g/mol. The lowest BCUT2D eigenvalue weighted by Gasteiger charge is -2.31. The number of phenolic OH excluding ortho intramolecular Hbond substituents is 2. The van der Waals surface area contributed by atoms with Gasteiger partial charge in [0.15, 0.2) is 0 Å². The number of hydrogen-bond donors (Lipinski definition) is 4. The van der Waals surface area contributed by atoms with E-state index in [-0.39, 0.29) is 24.5 Å². The summed E-state index contributed by atoms with van der Waals surface area (Å²) in [6.07, 6.45) is -0.104. The fourth-order valence-corrected chi connectivity index (χ4v) is 5.78. The largest absolute Gasteiger partial charge is 0.508 e. The van der Waals surface area contributed by atoms with E-state index in [2.05, 4.69) is 21.2 Å². The molecule has 2 aliphatic rings. The van der Waals surface area contributed by atoms with Crippen molar-refractivity contribution in [3.8, 4) is 11.5 Å². The highest BCUT2D eigenvalue weighted by Crippen LogP contribution is 2.51. The van der Waals surface area contributed by atoms with Gasteiger partial charge in [-0.3, -0.25) is 24.6 Å². The van der Waals surface area contributed by atoms with Crippen LogP contribution < -0.4 is 5.32 Å². The Bertz CT molecular complexity index is 1350. The van der Waals surface area contributed by atoms with Crippen molar-refractivity contribution in [1.29, 1.82) is 0 Å². The van der Waals surface area contributed by atoms with Gasteiger partial charge in [0.2, 0.25) is 11.8 Å². The summed E-state index contributed by atoms with van der Waals surface area (Å²) in [6, 6.07) is 18.9. The van der Waals surface area contributed by atoms with Gasteiger partial charge in [-0.2, -0.15) is 0 Å². The number of carboxylic acid groups (broad SMARTS) is 1. The van der Waals surface area contributed by atoms with Crippen LogP contribution in [-0.4, -0.2) is 43.5 Å². The lowest BCUT2D eigenvalue weighted by atomic mass is 9.76. The number of halogens is 1. The number of phenols is 2. The lowest BCUT2D eigenvalue weighted by molar-refractivity contribution is -0.151. The summed E-state index contributed by atoms with van der Waals surface area (Å²) in [5.41, 5.74) is -0.175. The summed E-state index contributed by atoms with van der Waals surface area (Å²) in [5.74, 6) is -4.65. The van der Waals surface area contributed by atoms with Crippen LogP contribution in [-0.2, 0) is 27.3 Å². The zero-order valence-electron chi connectivity index (χ0n) is 19.0. The summed E-state index contributed by atoms with van der Waals surface area (Å²) in [6.45, 7) is 0.0254. The molecule has 2 aliphatic heterocycles. The van der Waals surface area contributed by atoms with E-state index in [4.69, 9.17) is 0 Å². The van der Waals surface area contributed by atoms with Crippen molar-refractivity contribution in [1.82, 2.24) is 10.2 Å². The standard InChI is InChI=1S/C27H23BrN2O6/c28-17-8-11-20(32)19(12-17)23-21-22(25(34)30(24(21)33)14-16-4-2-1-3-5-16)27(29-23,26(35)36)13-15-6-9-18(31)10-7-15/h1-12,21-23,29,31-32H,13-14H2,(H,35,36). The third-order valence-corrected chi connectivity index (χ3v) is 7.55. The maximum Gasteiger partial charge on any atom is 0.325 e. The minimum atomic E-state index is -1.82. The Balaban J connectivity index is 1.63. The van der Waals surface area contributed by atoms with Gasteiger partial charge in [0.05, 0.1) is 18.4 Å². The highest BCUT2D eigenvalue weighted by atomic mass is 79.9. The summed E-state index contributed by atoms with van der Waals surface area (Å²) in [7, 11) is 0. The molecule has 0 spiro atoms. The van der Waals surface area contributed by atoms with Crippen LogP contribution in [0.25, 0.3) is 0 Å². The molecule has 2 amide bonds. The molecule has 4 atom stereocenters. The van der Waals surface area contributed by atoms with E-state index in [1.165, 1.54) is 18.2 Å². The third kappa shape index (κ3) is 3.94. The van der Waals surface area contributed by atoms with Gasteiger partial charge in [-0.05, 0) is 41.5 Å². The topological polar surface area (TPSA) is 127 Å². The van der Waals surface area contributed by atoms with Crippen molar-refractivity contribution in [2.24, 2.45) is 11.8 Å². The Hall–Kier alpha value is -3.69. The first-order valence-corrected chi connectivity index (χ1v) is 12.2. The monoisotopic (exact) mass is 550 g/mol. The second-order valence-electron chi connectivity index (χ2n) is 9.20. The fraction of sp³-hybridized carbons (Fsp3) is 0.222. The molecule has 2 fully saturated rings. The Morgan fingerprint density at radius 2 is 1.64 bits per heavy atom. The highest BCUT2D eigenvalue weighted by molar-refractivity contribution is 9.10. The summed E-state index contributed by atoms with van der Waals surface area (Å²) < 4.78 is 0.637. The second kappa shape index (κ2) is 9.07. The summed E-state index contributed by atoms with van der Waals surface area (Å²) >= 11 is 3.38. The zero-order chi connectivity index (χ0) is 25.6. The quantitative estimate of drug-likeness (QED) is 0.346. The zero-order valence-corrected chi connectivity index (χ0v) is 20.6. The van der Waals surface area contributed by atoms with Crippen LogP contribution >= 0.6 is 15.9 Å². The molecule has 2 saturated heterocycles. The molecule has 3 aromatic carbocycles. The predicted molar refractivity (Wildman–Crippen MR) is 133 cm³/mol. The van der Waals surface area contributed by atoms with Gasteiger partial charge < -0.3 is 15.3 Å². The minimum Gasteiger partial charge on any atom is -0.508 e. The first kappa shape index (κ1) is 24.0. The first-order valence-electron chi connectivity index (χ1n) is 11.4. The Labute approximate surface area is 215 Å². The van der Waals surface area contributed by atoms with Crippen LogP contribution in [0.4, 0.5) is 0 Å². The predicted octanol–water partition coefficient (Wildman–Crippen LogP) is 3.37. The number of carbonyl (C=O) groups excluding carboxylic acids is 2. The Morgan fingerprint density at radius 3 is 2.31 bits per heavy atom. The van der Waals surface area contributed by atoms with E-state index in [9.17, 15) is 29.7 Å². The van der Waals surface area contributed by atoms with Gasteiger partial charge >= 0.3 is 5.97 Å². The maximum atomic E-state index is 13.8. The normalized spacial score (nSPS) is 25.2. The molecule has 0 bridgehead atoms. The smallest absolute Gasteiger partial charge is 0.325 e. The first-order chi connectivity index (χ1) is 17.2. The maximum absolute atomic E-state index is 13.8. The molecule has 3 aromatic rings. The number of imide groups is 1. The van der Waals surface area contributed by atoms with Crippen molar-refractivity contribution in [2.45, 2.75) is 24.5 Å². The number of rotatable bonds is 6. The van der Waals surface area contributed by atoms with Gasteiger partial charge in [-0.25, -0.2) is 0 Å². The Morgan fingerprint density at radius 1 is 0.944 bits per heavy atom. The number of likely N-dealkylation sites (tertiary alicyclic amines) is 1. The van der Waals surface area contributed by atoms with Crippen molar-refractivity contribution < 1.29 is 29.7 Å². The minimum absolute atomic E-state index is 0.0254. The van der Waals surface area contributed by atoms with Gasteiger partial charge in [0, 0.05) is 22.5 Å². The number of amides is 2. The molecule has 0 aliphatic carbocycles. The molecule has 0 aromatic heterocycles. The van der Waals surface area contributed by atoms with Crippen LogP contribution in [0, 0.1) is 11.8 Å². The van der Waals surface area contributed by atoms with Gasteiger partial charge in [-0.15, -0.1) is 0 Å². The molecule has 8 nitrogen and oxygen atoms in total. The van der Waals surface area contributed by atoms with Gasteiger partial charge in [0.25, 0.3) is 0 Å². The van der Waals surface area contributed by atoms with Crippen molar-refractivity contribution in [3.63, 3.8) is 0 Å². The molecule has 184 valence electrons. The van der Waals surface area contributed by atoms with Gasteiger partial charge in [0.1, 0.15) is 17.0 Å². The molecule has 9 heteroatoms. The van der Waals surface area contributed by atoms with Crippen LogP contribution in [0.2, 0.25) is 0 Å². The van der Waals surface area contributed by atoms with E-state index in [1.807, 2.05) is 6.07 Å². The van der Waals surface area contributed by atoms with E-state index in [0.717, 1.165) is 10.5 Å². The molecular formula is C27H23BrN2O6. The number of benzene rings is 3. The number of carboxylic acids is 1. The number of fused-ring (bicyclic) bond motifs is 1. The van der Waals surface area contributed by atoms with Crippen LogP contribution in [0.1, 0.15) is 22.7 Å². The molecule has 0 radical (unpaired) electrons. The number of nitrogens with zero attached hydrogens (tertiary/aromatic N) is 1. The second-order valence-corrected chi connectivity index (χ2v) is 10.1. The average molecular weight is 551 g/mol. The van der Waals surface area contributed by atoms with E-state index in [1.54, 1.807) is 48.5 Å². The molecule has 5 rings (SSSR count). The van der Waals surface area contributed by atoms with E-state index >= 15 is 0 Å². The van der Waals surface area contributed by atoms with Crippen LogP contribution in [0.15, 0.2) is 77.3 Å². The number of nitrogens with one attached hydrogen (secondary N) is 1. The molecule has 2 heterocycles. The van der Waals surface area contributed by atoms with Crippen molar-refractivity contribution in [3.05, 3.63) is 94.0 Å². The van der Waals surface area contributed by atoms with Crippen LogP contribution in [0.3, 0.4) is 0 Å². The van der Waals surface area contributed by atoms with Gasteiger partial charge in [-0.1, -0.05) is 58.4 Å². The van der Waals surface area contributed by atoms with Crippen molar-refractivity contribution >= 4 is 33.7 Å². The third-order valence-electron chi connectivity index (χ3n) is 7.05. The lowest BCUT2D eigenvalue weighted by Crippen LogP contribution is -2.57.